The summed E-state index contributed by atoms with van der Waals surface area (Å²) in [6.07, 6.45) is 0.403. The molecule has 1 aromatic carbocycles. The van der Waals surface area contributed by atoms with Gasteiger partial charge in [-0.2, -0.15) is 0 Å². The Labute approximate surface area is 129 Å². The number of nitrogens with zero attached hydrogens (tertiary/aromatic N) is 2. The van der Waals surface area contributed by atoms with Crippen LogP contribution in [0.1, 0.15) is 13.3 Å². The first-order valence-electron chi connectivity index (χ1n) is 6.06. The molecule has 4 nitrogen and oxygen atoms in total. The second-order valence-corrected chi connectivity index (χ2v) is 7.65. The first-order valence-corrected chi connectivity index (χ1v) is 8.14. The average molecular weight is 327 g/mol. The van der Waals surface area contributed by atoms with Gasteiger partial charge in [0.05, 0.1) is 10.2 Å². The van der Waals surface area contributed by atoms with Gasteiger partial charge in [0.25, 0.3) is 0 Å². The minimum atomic E-state index is 0.0368. The fraction of sp³-hybridized carbons (Fsp3) is 0.308. The lowest BCUT2D eigenvalue weighted by atomic mass is 10.3. The number of anilines is 1. The van der Waals surface area contributed by atoms with Gasteiger partial charge >= 0.3 is 0 Å². The molecule has 3 rings (SSSR count). The first-order chi connectivity index (χ1) is 9.52. The summed E-state index contributed by atoms with van der Waals surface area (Å²) in [5, 5.41) is 0.0844. The molecule has 0 saturated carbocycles. The van der Waals surface area contributed by atoms with Gasteiger partial charge < -0.3 is 4.90 Å². The normalized spacial score (nSPS) is 19.0. The zero-order chi connectivity index (χ0) is 14.3. The summed E-state index contributed by atoms with van der Waals surface area (Å²) in [6.45, 7) is 2.09. The predicted octanol–water partition coefficient (Wildman–Crippen LogP) is 3.33. The van der Waals surface area contributed by atoms with Crippen molar-refractivity contribution in [2.24, 2.45) is 0 Å². The highest BCUT2D eigenvalue weighted by molar-refractivity contribution is 8.14. The number of fused-ring (bicyclic) bond motifs is 1. The summed E-state index contributed by atoms with van der Waals surface area (Å²) in [7, 11) is 0. The van der Waals surface area contributed by atoms with E-state index in [4.69, 9.17) is 11.6 Å². The maximum absolute atomic E-state index is 12.1. The molecular weight excluding hydrogens is 316 g/mol. The van der Waals surface area contributed by atoms with Crippen molar-refractivity contribution in [3.05, 3.63) is 22.7 Å². The molecule has 1 aliphatic rings. The van der Waals surface area contributed by atoms with Gasteiger partial charge in [0.1, 0.15) is 0 Å². The Hall–Kier alpha value is -1.11. The smallest absolute Gasteiger partial charge is 0.228 e. The molecule has 0 spiro atoms. The third-order valence-corrected chi connectivity index (χ3v) is 5.20. The quantitative estimate of drug-likeness (QED) is 0.849. The number of amides is 1. The molecule has 1 aliphatic heterocycles. The summed E-state index contributed by atoms with van der Waals surface area (Å²) in [5.74, 6) is 0.0458. The monoisotopic (exact) mass is 326 g/mol. The maximum atomic E-state index is 12.1. The highest BCUT2D eigenvalue weighted by atomic mass is 35.5. The van der Waals surface area contributed by atoms with E-state index in [1.54, 1.807) is 4.90 Å². The van der Waals surface area contributed by atoms with Crippen molar-refractivity contribution < 1.29 is 9.59 Å². The molecule has 20 heavy (non-hydrogen) atoms. The van der Waals surface area contributed by atoms with Gasteiger partial charge in [0.15, 0.2) is 9.58 Å². The van der Waals surface area contributed by atoms with Crippen LogP contribution >= 0.6 is 34.7 Å². The minimum absolute atomic E-state index is 0.0368. The molecule has 0 bridgehead atoms. The first kappa shape index (κ1) is 13.9. The highest BCUT2D eigenvalue weighted by Crippen LogP contribution is 2.32. The van der Waals surface area contributed by atoms with Crippen molar-refractivity contribution >= 4 is 61.6 Å². The van der Waals surface area contributed by atoms with Crippen LogP contribution < -0.4 is 4.90 Å². The molecule has 0 aliphatic carbocycles. The zero-order valence-electron chi connectivity index (χ0n) is 10.6. The SMILES string of the molecule is CC(=O)SC1CC(=O)N(c2ccc3sc(Cl)nc3c2)C1. The second kappa shape index (κ2) is 5.35. The number of benzene rings is 1. The summed E-state index contributed by atoms with van der Waals surface area (Å²) in [4.78, 5) is 29.1. The van der Waals surface area contributed by atoms with Gasteiger partial charge in [-0.1, -0.05) is 23.4 Å². The predicted molar refractivity (Wildman–Crippen MR) is 83.7 cm³/mol. The van der Waals surface area contributed by atoms with E-state index in [1.807, 2.05) is 18.2 Å². The van der Waals surface area contributed by atoms with E-state index in [2.05, 4.69) is 4.98 Å². The fourth-order valence-corrected chi connectivity index (χ4v) is 4.22. The molecule has 7 heteroatoms. The van der Waals surface area contributed by atoms with Crippen molar-refractivity contribution in [3.63, 3.8) is 0 Å². The van der Waals surface area contributed by atoms with Gasteiger partial charge in [0, 0.05) is 30.8 Å². The number of rotatable bonds is 2. The van der Waals surface area contributed by atoms with Crippen molar-refractivity contribution in [2.75, 3.05) is 11.4 Å². The van der Waals surface area contributed by atoms with Gasteiger partial charge in [-0.05, 0) is 18.2 Å². The lowest BCUT2D eigenvalue weighted by Crippen LogP contribution is -2.24. The van der Waals surface area contributed by atoms with Crippen molar-refractivity contribution in [3.8, 4) is 0 Å². The summed E-state index contributed by atoms with van der Waals surface area (Å²) < 4.78 is 1.50. The van der Waals surface area contributed by atoms with E-state index in [1.165, 1.54) is 30.0 Å². The largest absolute Gasteiger partial charge is 0.311 e. The minimum Gasteiger partial charge on any atom is -0.311 e. The molecule has 0 N–H and O–H groups in total. The number of hydrogen-bond donors (Lipinski definition) is 0. The molecule has 1 saturated heterocycles. The second-order valence-electron chi connectivity index (χ2n) is 4.56. The number of aromatic nitrogens is 1. The highest BCUT2D eigenvalue weighted by Gasteiger charge is 2.32. The van der Waals surface area contributed by atoms with Gasteiger partial charge in [0.2, 0.25) is 5.91 Å². The van der Waals surface area contributed by atoms with Gasteiger partial charge in [-0.15, -0.1) is 11.3 Å². The molecule has 2 aromatic rings. The standard InChI is InChI=1S/C13H11ClN2O2S2/c1-7(17)19-9-5-12(18)16(6-9)8-2-3-11-10(4-8)15-13(14)20-11/h2-4,9H,5-6H2,1H3. The van der Waals surface area contributed by atoms with Crippen LogP contribution in [0.3, 0.4) is 0 Å². The van der Waals surface area contributed by atoms with Crippen molar-refractivity contribution in [2.45, 2.75) is 18.6 Å². The number of thioether (sulfide) groups is 1. The molecule has 2 heterocycles. The number of carbonyl (C=O) groups is 2. The Bertz CT molecular complexity index is 701. The zero-order valence-corrected chi connectivity index (χ0v) is 13.0. The summed E-state index contributed by atoms with van der Waals surface area (Å²) in [6, 6.07) is 5.69. The van der Waals surface area contributed by atoms with Gasteiger partial charge in [-0.3, -0.25) is 9.59 Å². The van der Waals surface area contributed by atoms with Crippen LogP contribution in [-0.2, 0) is 9.59 Å². The molecular formula is C13H11ClN2O2S2. The Morgan fingerprint density at radius 1 is 1.55 bits per heavy atom. The van der Waals surface area contributed by atoms with E-state index in [9.17, 15) is 9.59 Å². The van der Waals surface area contributed by atoms with E-state index < -0.39 is 0 Å². The van der Waals surface area contributed by atoms with Crippen LogP contribution in [-0.4, -0.2) is 27.8 Å². The molecule has 1 amide bonds. The third-order valence-electron chi connectivity index (χ3n) is 3.08. The molecule has 1 fully saturated rings. The molecule has 1 atom stereocenters. The maximum Gasteiger partial charge on any atom is 0.228 e. The summed E-state index contributed by atoms with van der Waals surface area (Å²) >= 11 is 8.54. The lowest BCUT2D eigenvalue weighted by molar-refractivity contribution is -0.117. The van der Waals surface area contributed by atoms with E-state index in [0.717, 1.165) is 15.9 Å². The topological polar surface area (TPSA) is 50.3 Å². The van der Waals surface area contributed by atoms with E-state index >= 15 is 0 Å². The molecule has 1 aromatic heterocycles. The van der Waals surface area contributed by atoms with Crippen LogP contribution in [0.4, 0.5) is 5.69 Å². The molecule has 0 radical (unpaired) electrons. The Morgan fingerprint density at radius 3 is 3.10 bits per heavy atom. The summed E-state index contributed by atoms with van der Waals surface area (Å²) in [5.41, 5.74) is 1.61. The van der Waals surface area contributed by atoms with Crippen LogP contribution in [0.15, 0.2) is 18.2 Å². The van der Waals surface area contributed by atoms with E-state index in [0.29, 0.717) is 17.4 Å². The van der Waals surface area contributed by atoms with Gasteiger partial charge in [-0.25, -0.2) is 4.98 Å². The van der Waals surface area contributed by atoms with Crippen LogP contribution in [0.5, 0.6) is 0 Å². The number of carbonyl (C=O) groups excluding carboxylic acids is 2. The van der Waals surface area contributed by atoms with E-state index in [-0.39, 0.29) is 16.3 Å². The third kappa shape index (κ3) is 2.68. The van der Waals surface area contributed by atoms with Crippen molar-refractivity contribution in [1.82, 2.24) is 4.98 Å². The number of thiazole rings is 1. The average Bonchev–Trinajstić information content (AvgIpc) is 2.89. The molecule has 104 valence electrons. The fourth-order valence-electron chi connectivity index (χ4n) is 2.29. The van der Waals surface area contributed by atoms with Crippen LogP contribution in [0, 0.1) is 0 Å². The molecule has 1 unspecified atom stereocenters. The van der Waals surface area contributed by atoms with Crippen LogP contribution in [0.2, 0.25) is 4.47 Å². The lowest BCUT2D eigenvalue weighted by Gasteiger charge is -2.16. The van der Waals surface area contributed by atoms with Crippen LogP contribution in [0.25, 0.3) is 10.2 Å². The Morgan fingerprint density at radius 2 is 2.35 bits per heavy atom. The Balaban J connectivity index is 1.87. The van der Waals surface area contributed by atoms with Crippen molar-refractivity contribution in [1.29, 1.82) is 0 Å². The number of hydrogen-bond acceptors (Lipinski definition) is 5. The number of halogens is 1. The Kier molecular flexibility index (Phi) is 3.70.